The van der Waals surface area contributed by atoms with Crippen LogP contribution in [0.4, 0.5) is 0 Å². The van der Waals surface area contributed by atoms with Gasteiger partial charge in [-0.05, 0) is 28.9 Å². The molecule has 0 atom stereocenters. The molecule has 1 heterocycles. The standard InChI is InChI=1S/C9H8BrNO2/c1-6(12)2-9(13)7-3-8(10)5-11-4-7/h2-5,13H,1H3. The minimum atomic E-state index is -0.197. The van der Waals surface area contributed by atoms with E-state index in [-0.39, 0.29) is 11.5 Å². The molecule has 3 nitrogen and oxygen atoms in total. The Kier molecular flexibility index (Phi) is 3.19. The minimum Gasteiger partial charge on any atom is -0.507 e. The second-order valence-corrected chi connectivity index (χ2v) is 3.45. The Morgan fingerprint density at radius 2 is 2.31 bits per heavy atom. The van der Waals surface area contributed by atoms with Gasteiger partial charge in [-0.2, -0.15) is 0 Å². The molecule has 0 radical (unpaired) electrons. The van der Waals surface area contributed by atoms with Gasteiger partial charge in [0.2, 0.25) is 0 Å². The first kappa shape index (κ1) is 9.92. The van der Waals surface area contributed by atoms with Crippen LogP contribution in [0, 0.1) is 0 Å². The lowest BCUT2D eigenvalue weighted by Crippen LogP contribution is -1.89. The lowest BCUT2D eigenvalue weighted by molar-refractivity contribution is -0.112. The summed E-state index contributed by atoms with van der Waals surface area (Å²) in [6, 6.07) is 1.68. The highest BCUT2D eigenvalue weighted by atomic mass is 79.9. The first-order valence-electron chi connectivity index (χ1n) is 3.62. The maximum Gasteiger partial charge on any atom is 0.156 e. The van der Waals surface area contributed by atoms with Crippen LogP contribution in [-0.4, -0.2) is 15.9 Å². The first-order chi connectivity index (χ1) is 6.09. The van der Waals surface area contributed by atoms with Crippen molar-refractivity contribution in [1.82, 2.24) is 4.98 Å². The molecule has 0 aromatic carbocycles. The van der Waals surface area contributed by atoms with Crippen molar-refractivity contribution in [3.63, 3.8) is 0 Å². The third-order valence-corrected chi connectivity index (χ3v) is 1.77. The molecule has 0 spiro atoms. The van der Waals surface area contributed by atoms with E-state index in [2.05, 4.69) is 20.9 Å². The summed E-state index contributed by atoms with van der Waals surface area (Å²) in [5, 5.41) is 9.39. The fraction of sp³-hybridized carbons (Fsp3) is 0.111. The molecule has 0 aliphatic carbocycles. The van der Waals surface area contributed by atoms with Crippen LogP contribution in [0.25, 0.3) is 5.76 Å². The zero-order valence-electron chi connectivity index (χ0n) is 6.99. The van der Waals surface area contributed by atoms with Gasteiger partial charge in [0, 0.05) is 28.5 Å². The van der Waals surface area contributed by atoms with Gasteiger partial charge in [-0.15, -0.1) is 0 Å². The number of allylic oxidation sites excluding steroid dienone is 1. The molecule has 1 rings (SSSR count). The van der Waals surface area contributed by atoms with E-state index in [1.807, 2.05) is 0 Å². The van der Waals surface area contributed by atoms with Crippen molar-refractivity contribution in [2.24, 2.45) is 0 Å². The van der Waals surface area contributed by atoms with E-state index in [0.29, 0.717) is 5.56 Å². The number of rotatable bonds is 2. The van der Waals surface area contributed by atoms with E-state index in [1.54, 1.807) is 12.3 Å². The summed E-state index contributed by atoms with van der Waals surface area (Å²) < 4.78 is 0.758. The van der Waals surface area contributed by atoms with Crippen LogP contribution in [0.15, 0.2) is 29.0 Å². The van der Waals surface area contributed by atoms with Gasteiger partial charge in [0.1, 0.15) is 5.76 Å². The number of aliphatic hydroxyl groups excluding tert-OH is 1. The number of halogens is 1. The second kappa shape index (κ2) is 4.18. The molecule has 4 heteroatoms. The number of carbonyl (C=O) groups excluding carboxylic acids is 1. The number of aliphatic hydroxyl groups is 1. The van der Waals surface area contributed by atoms with E-state index in [1.165, 1.54) is 13.1 Å². The predicted octanol–water partition coefficient (Wildman–Crippen LogP) is 2.33. The van der Waals surface area contributed by atoms with E-state index >= 15 is 0 Å². The van der Waals surface area contributed by atoms with Crippen molar-refractivity contribution in [1.29, 1.82) is 0 Å². The van der Waals surface area contributed by atoms with Gasteiger partial charge >= 0.3 is 0 Å². The number of nitrogens with zero attached hydrogens (tertiary/aromatic N) is 1. The second-order valence-electron chi connectivity index (χ2n) is 2.53. The van der Waals surface area contributed by atoms with Crippen LogP contribution in [0.3, 0.4) is 0 Å². The molecule has 13 heavy (non-hydrogen) atoms. The molecule has 0 saturated carbocycles. The summed E-state index contributed by atoms with van der Waals surface area (Å²) in [6.07, 6.45) is 4.24. The van der Waals surface area contributed by atoms with Crippen molar-refractivity contribution in [3.8, 4) is 0 Å². The smallest absolute Gasteiger partial charge is 0.156 e. The molecule has 0 saturated heterocycles. The SMILES string of the molecule is CC(=O)C=C(O)c1cncc(Br)c1. The molecule has 0 fully saturated rings. The Hall–Kier alpha value is -1.16. The van der Waals surface area contributed by atoms with Crippen LogP contribution < -0.4 is 0 Å². The fourth-order valence-corrected chi connectivity index (χ4v) is 1.19. The van der Waals surface area contributed by atoms with Crippen LogP contribution in [0.2, 0.25) is 0 Å². The van der Waals surface area contributed by atoms with Crippen molar-refractivity contribution in [2.75, 3.05) is 0 Å². The Labute approximate surface area is 84.2 Å². The number of ketones is 1. The normalized spacial score (nSPS) is 11.4. The number of hydrogen-bond acceptors (Lipinski definition) is 3. The van der Waals surface area contributed by atoms with Crippen molar-refractivity contribution >= 4 is 27.5 Å². The Morgan fingerprint density at radius 1 is 1.62 bits per heavy atom. The van der Waals surface area contributed by atoms with Gasteiger partial charge in [-0.1, -0.05) is 0 Å². The molecule has 1 aromatic rings. The van der Waals surface area contributed by atoms with Gasteiger partial charge in [-0.3, -0.25) is 9.78 Å². The highest BCUT2D eigenvalue weighted by Crippen LogP contribution is 2.15. The topological polar surface area (TPSA) is 50.2 Å². The van der Waals surface area contributed by atoms with Crippen LogP contribution in [0.1, 0.15) is 12.5 Å². The quantitative estimate of drug-likeness (QED) is 0.639. The summed E-state index contributed by atoms with van der Waals surface area (Å²) in [5.74, 6) is -0.265. The summed E-state index contributed by atoms with van der Waals surface area (Å²) in [4.78, 5) is 14.5. The average Bonchev–Trinajstić information content (AvgIpc) is 2.03. The van der Waals surface area contributed by atoms with Crippen molar-refractivity contribution < 1.29 is 9.90 Å². The predicted molar refractivity (Wildman–Crippen MR) is 53.2 cm³/mol. The van der Waals surface area contributed by atoms with Gasteiger partial charge in [-0.25, -0.2) is 0 Å². The lowest BCUT2D eigenvalue weighted by Gasteiger charge is -1.98. The Balaban J connectivity index is 3.02. The zero-order chi connectivity index (χ0) is 9.84. The highest BCUT2D eigenvalue weighted by molar-refractivity contribution is 9.10. The maximum atomic E-state index is 10.6. The number of carbonyl (C=O) groups is 1. The molecular weight excluding hydrogens is 234 g/mol. The Bertz CT molecular complexity index is 360. The van der Waals surface area contributed by atoms with Gasteiger partial charge < -0.3 is 5.11 Å². The van der Waals surface area contributed by atoms with Gasteiger partial charge in [0.15, 0.2) is 5.78 Å². The molecule has 0 aliphatic heterocycles. The lowest BCUT2D eigenvalue weighted by atomic mass is 10.2. The van der Waals surface area contributed by atoms with Crippen LogP contribution >= 0.6 is 15.9 Å². The monoisotopic (exact) mass is 241 g/mol. The fourth-order valence-electron chi connectivity index (χ4n) is 0.828. The largest absolute Gasteiger partial charge is 0.507 e. The third-order valence-electron chi connectivity index (χ3n) is 1.34. The summed E-state index contributed by atoms with van der Waals surface area (Å²) in [7, 11) is 0. The highest BCUT2D eigenvalue weighted by Gasteiger charge is 2.00. The average molecular weight is 242 g/mol. The van der Waals surface area contributed by atoms with E-state index in [4.69, 9.17) is 0 Å². The molecule has 1 N–H and O–H groups in total. The zero-order valence-corrected chi connectivity index (χ0v) is 8.58. The molecule has 1 aromatic heterocycles. The number of pyridine rings is 1. The number of aromatic nitrogens is 1. The van der Waals surface area contributed by atoms with Gasteiger partial charge in [0.25, 0.3) is 0 Å². The summed E-state index contributed by atoms with van der Waals surface area (Å²) in [6.45, 7) is 1.38. The minimum absolute atomic E-state index is 0.0682. The van der Waals surface area contributed by atoms with Crippen LogP contribution in [0.5, 0.6) is 0 Å². The van der Waals surface area contributed by atoms with Crippen LogP contribution in [-0.2, 0) is 4.79 Å². The summed E-state index contributed by atoms with van der Waals surface area (Å²) >= 11 is 3.21. The Morgan fingerprint density at radius 3 is 2.85 bits per heavy atom. The van der Waals surface area contributed by atoms with E-state index in [0.717, 1.165) is 10.5 Å². The molecular formula is C9H8BrNO2. The third kappa shape index (κ3) is 2.99. The molecule has 0 aliphatic rings. The molecule has 0 bridgehead atoms. The molecule has 0 unspecified atom stereocenters. The molecule has 0 amide bonds. The summed E-state index contributed by atoms with van der Waals surface area (Å²) in [5.41, 5.74) is 0.518. The maximum absolute atomic E-state index is 10.6. The van der Waals surface area contributed by atoms with Crippen molar-refractivity contribution in [2.45, 2.75) is 6.92 Å². The van der Waals surface area contributed by atoms with Crippen molar-refractivity contribution in [3.05, 3.63) is 34.6 Å². The molecule has 68 valence electrons. The van der Waals surface area contributed by atoms with Gasteiger partial charge in [0.05, 0.1) is 0 Å². The van der Waals surface area contributed by atoms with E-state index in [9.17, 15) is 9.90 Å². The van der Waals surface area contributed by atoms with E-state index < -0.39 is 0 Å². The first-order valence-corrected chi connectivity index (χ1v) is 4.41. The number of hydrogen-bond donors (Lipinski definition) is 1.